The number of hydrogen-bond acceptors (Lipinski definition) is 2. The lowest BCUT2D eigenvalue weighted by molar-refractivity contribution is -0.132. The van der Waals surface area contributed by atoms with E-state index in [0.29, 0.717) is 18.5 Å². The van der Waals surface area contributed by atoms with Crippen LogP contribution in [0, 0.1) is 11.7 Å². The van der Waals surface area contributed by atoms with E-state index >= 15 is 0 Å². The highest BCUT2D eigenvalue weighted by molar-refractivity contribution is 5.76. The van der Waals surface area contributed by atoms with Crippen LogP contribution in [0.5, 0.6) is 0 Å². The van der Waals surface area contributed by atoms with E-state index in [9.17, 15) is 9.18 Å². The molecule has 0 aromatic heterocycles. The van der Waals surface area contributed by atoms with Gasteiger partial charge in [0.25, 0.3) is 0 Å². The summed E-state index contributed by atoms with van der Waals surface area (Å²) in [5.41, 5.74) is 6.56. The highest BCUT2D eigenvalue weighted by Crippen LogP contribution is 2.27. The molecule has 3 nitrogen and oxygen atoms in total. The molecule has 1 amide bonds. The largest absolute Gasteiger partial charge is 0.335 e. The van der Waals surface area contributed by atoms with E-state index in [-0.39, 0.29) is 30.2 Å². The van der Waals surface area contributed by atoms with Gasteiger partial charge >= 0.3 is 0 Å². The van der Waals surface area contributed by atoms with Crippen molar-refractivity contribution in [3.63, 3.8) is 0 Å². The zero-order chi connectivity index (χ0) is 15.2. The smallest absolute Gasteiger partial charge is 0.223 e. The molecule has 2 atom stereocenters. The summed E-state index contributed by atoms with van der Waals surface area (Å²) >= 11 is 0. The van der Waals surface area contributed by atoms with Crippen LogP contribution in [0.4, 0.5) is 4.39 Å². The fraction of sp³-hybridized carbons (Fsp3) is 0.471. The molecule has 1 aromatic carbocycles. The van der Waals surface area contributed by atoms with Gasteiger partial charge in [-0.3, -0.25) is 4.79 Å². The van der Waals surface area contributed by atoms with Crippen LogP contribution in [-0.2, 0) is 11.3 Å². The maximum absolute atomic E-state index is 13.7. The highest BCUT2D eigenvalue weighted by Gasteiger charge is 2.28. The normalized spacial score (nSPS) is 21.2. The van der Waals surface area contributed by atoms with Crippen molar-refractivity contribution in [2.75, 3.05) is 6.54 Å². The number of halogens is 1. The van der Waals surface area contributed by atoms with Crippen molar-refractivity contribution in [2.45, 2.75) is 38.3 Å². The van der Waals surface area contributed by atoms with Crippen LogP contribution in [0.1, 0.15) is 31.2 Å². The average molecular weight is 290 g/mol. The van der Waals surface area contributed by atoms with Crippen molar-refractivity contribution in [1.29, 1.82) is 0 Å². The quantitative estimate of drug-likeness (QED) is 0.819. The minimum Gasteiger partial charge on any atom is -0.335 e. The second-order valence-electron chi connectivity index (χ2n) is 5.71. The molecule has 0 aliphatic heterocycles. The minimum absolute atomic E-state index is 0.0282. The van der Waals surface area contributed by atoms with E-state index in [2.05, 4.69) is 6.58 Å². The highest BCUT2D eigenvalue weighted by atomic mass is 19.1. The van der Waals surface area contributed by atoms with Gasteiger partial charge in [-0.15, -0.1) is 6.58 Å². The van der Waals surface area contributed by atoms with Crippen molar-refractivity contribution in [1.82, 2.24) is 4.90 Å². The molecule has 0 bridgehead atoms. The average Bonchev–Trinajstić information content (AvgIpc) is 2.86. The Labute approximate surface area is 125 Å². The topological polar surface area (TPSA) is 46.3 Å². The predicted molar refractivity (Wildman–Crippen MR) is 81.9 cm³/mol. The molecule has 0 spiro atoms. The number of nitrogens with zero attached hydrogens (tertiary/aromatic N) is 1. The van der Waals surface area contributed by atoms with Gasteiger partial charge in [0.15, 0.2) is 0 Å². The van der Waals surface area contributed by atoms with Crippen molar-refractivity contribution in [2.24, 2.45) is 11.7 Å². The molecule has 2 N–H and O–H groups in total. The number of carbonyl (C=O) groups excluding carboxylic acids is 1. The summed E-state index contributed by atoms with van der Waals surface area (Å²) in [7, 11) is 0. The number of amides is 1. The third kappa shape index (κ3) is 4.14. The zero-order valence-corrected chi connectivity index (χ0v) is 12.3. The van der Waals surface area contributed by atoms with Crippen molar-refractivity contribution >= 4 is 5.91 Å². The van der Waals surface area contributed by atoms with Gasteiger partial charge in [0.1, 0.15) is 5.82 Å². The van der Waals surface area contributed by atoms with Crippen LogP contribution in [0.15, 0.2) is 36.9 Å². The fourth-order valence-corrected chi connectivity index (χ4v) is 2.91. The molecule has 0 saturated heterocycles. The molecule has 1 fully saturated rings. The Hall–Kier alpha value is -1.68. The molecule has 0 radical (unpaired) electrons. The Balaban J connectivity index is 2.02. The van der Waals surface area contributed by atoms with Gasteiger partial charge in [0, 0.05) is 31.1 Å². The van der Waals surface area contributed by atoms with Gasteiger partial charge in [0.2, 0.25) is 5.91 Å². The Morgan fingerprint density at radius 2 is 2.19 bits per heavy atom. The van der Waals surface area contributed by atoms with Crippen LogP contribution in [0.25, 0.3) is 0 Å². The summed E-state index contributed by atoms with van der Waals surface area (Å²) in [6.07, 6.45) is 5.21. The molecule has 4 heteroatoms. The second kappa shape index (κ2) is 7.36. The first kappa shape index (κ1) is 15.7. The van der Waals surface area contributed by atoms with Gasteiger partial charge < -0.3 is 10.6 Å². The monoisotopic (exact) mass is 290 g/mol. The van der Waals surface area contributed by atoms with Crippen molar-refractivity contribution in [3.8, 4) is 0 Å². The number of hydrogen-bond donors (Lipinski definition) is 1. The summed E-state index contributed by atoms with van der Waals surface area (Å²) < 4.78 is 13.7. The Morgan fingerprint density at radius 1 is 1.43 bits per heavy atom. The van der Waals surface area contributed by atoms with Crippen LogP contribution in [0.2, 0.25) is 0 Å². The first-order valence-corrected chi connectivity index (χ1v) is 7.49. The number of benzene rings is 1. The zero-order valence-electron chi connectivity index (χ0n) is 12.3. The van der Waals surface area contributed by atoms with Gasteiger partial charge in [-0.05, 0) is 24.8 Å². The molecule has 2 rings (SSSR count). The van der Waals surface area contributed by atoms with Gasteiger partial charge in [0.05, 0.1) is 0 Å². The standard InChI is InChI=1S/C17H23FN2O/c1-2-10-20(12-14-6-3-4-8-15(14)18)17(21)11-13-7-5-9-16(13)19/h2-4,6,8,13,16H,1,5,7,9-12,19H2/t13-,16+/m0/s1. The second-order valence-corrected chi connectivity index (χ2v) is 5.71. The summed E-state index contributed by atoms with van der Waals surface area (Å²) in [5, 5.41) is 0. The lowest BCUT2D eigenvalue weighted by Gasteiger charge is -2.24. The molecular formula is C17H23FN2O. The molecule has 21 heavy (non-hydrogen) atoms. The molecule has 114 valence electrons. The maximum atomic E-state index is 13.7. The first-order valence-electron chi connectivity index (χ1n) is 7.49. The molecule has 1 saturated carbocycles. The summed E-state index contributed by atoms with van der Waals surface area (Å²) in [4.78, 5) is 14.1. The SMILES string of the molecule is C=CCN(Cc1ccccc1F)C(=O)C[C@@H]1CCC[C@H]1N. The molecule has 1 aliphatic rings. The molecule has 0 heterocycles. The van der Waals surface area contributed by atoms with Gasteiger partial charge in [-0.1, -0.05) is 30.7 Å². The van der Waals surface area contributed by atoms with Gasteiger partial charge in [-0.25, -0.2) is 4.39 Å². The van der Waals surface area contributed by atoms with E-state index in [1.807, 2.05) is 0 Å². The predicted octanol–water partition coefficient (Wildman–Crippen LogP) is 2.86. The van der Waals surface area contributed by atoms with Crippen molar-refractivity contribution in [3.05, 3.63) is 48.3 Å². The third-order valence-corrected chi connectivity index (χ3v) is 4.18. The summed E-state index contributed by atoms with van der Waals surface area (Å²) in [6, 6.07) is 6.67. The van der Waals surface area contributed by atoms with E-state index in [0.717, 1.165) is 19.3 Å². The maximum Gasteiger partial charge on any atom is 0.223 e. The first-order chi connectivity index (χ1) is 10.1. The Bertz CT molecular complexity index is 503. The van der Waals surface area contributed by atoms with E-state index in [1.165, 1.54) is 6.07 Å². The van der Waals surface area contributed by atoms with Crippen LogP contribution in [0.3, 0.4) is 0 Å². The summed E-state index contributed by atoms with van der Waals surface area (Å²) in [6.45, 7) is 4.38. The number of carbonyl (C=O) groups is 1. The third-order valence-electron chi connectivity index (χ3n) is 4.18. The summed E-state index contributed by atoms with van der Waals surface area (Å²) in [5.74, 6) is 0.00266. The van der Waals surface area contributed by atoms with Crippen LogP contribution in [-0.4, -0.2) is 23.4 Å². The fourth-order valence-electron chi connectivity index (χ4n) is 2.91. The van der Waals surface area contributed by atoms with Crippen molar-refractivity contribution < 1.29 is 9.18 Å². The van der Waals surface area contributed by atoms with E-state index in [4.69, 9.17) is 5.73 Å². The van der Waals surface area contributed by atoms with E-state index < -0.39 is 0 Å². The Kier molecular flexibility index (Phi) is 5.51. The number of nitrogens with two attached hydrogens (primary N) is 1. The molecule has 1 aliphatic carbocycles. The molecule has 0 unspecified atom stereocenters. The van der Waals surface area contributed by atoms with Crippen LogP contribution < -0.4 is 5.73 Å². The Morgan fingerprint density at radius 3 is 2.81 bits per heavy atom. The lowest BCUT2D eigenvalue weighted by atomic mass is 9.99. The van der Waals surface area contributed by atoms with Gasteiger partial charge in [-0.2, -0.15) is 0 Å². The molecule has 1 aromatic rings. The minimum atomic E-state index is -0.281. The number of rotatable bonds is 6. The lowest BCUT2D eigenvalue weighted by Crippen LogP contribution is -2.35. The van der Waals surface area contributed by atoms with Crippen LogP contribution >= 0.6 is 0 Å². The van der Waals surface area contributed by atoms with E-state index in [1.54, 1.807) is 29.2 Å². The molecular weight excluding hydrogens is 267 g/mol.